The Morgan fingerprint density at radius 1 is 1.28 bits per heavy atom. The van der Waals surface area contributed by atoms with Crippen molar-refractivity contribution in [2.45, 2.75) is 19.9 Å². The zero-order valence-electron chi connectivity index (χ0n) is 10.1. The first kappa shape index (κ1) is 11.8. The maximum absolute atomic E-state index is 6.18. The Kier molecular flexibility index (Phi) is 3.10. The fraction of sp³-hybridized carbons (Fsp3) is 0.214. The fourth-order valence-electron chi connectivity index (χ4n) is 2.15. The van der Waals surface area contributed by atoms with E-state index in [0.29, 0.717) is 0 Å². The molecule has 0 aliphatic carbocycles. The first-order valence-corrected chi connectivity index (χ1v) is 7.21. The summed E-state index contributed by atoms with van der Waals surface area (Å²) in [5.74, 6) is 1.11. The normalized spacial score (nSPS) is 11.2. The van der Waals surface area contributed by atoms with Crippen LogP contribution >= 0.6 is 22.9 Å². The van der Waals surface area contributed by atoms with E-state index in [-0.39, 0.29) is 0 Å². The van der Waals surface area contributed by atoms with Gasteiger partial charge in [0.15, 0.2) is 0 Å². The summed E-state index contributed by atoms with van der Waals surface area (Å²) in [5.41, 5.74) is 2.24. The van der Waals surface area contributed by atoms with Crippen LogP contribution in [0.3, 0.4) is 0 Å². The molecule has 0 aliphatic rings. The molecule has 2 nitrogen and oxygen atoms in total. The van der Waals surface area contributed by atoms with Crippen molar-refractivity contribution in [3.8, 4) is 0 Å². The van der Waals surface area contributed by atoms with E-state index >= 15 is 0 Å². The monoisotopic (exact) mass is 276 g/mol. The van der Waals surface area contributed by atoms with Crippen molar-refractivity contribution in [3.05, 3.63) is 51.4 Å². The van der Waals surface area contributed by atoms with Crippen molar-refractivity contribution >= 4 is 34.0 Å². The molecule has 1 aromatic carbocycles. The van der Waals surface area contributed by atoms with E-state index in [1.165, 1.54) is 10.4 Å². The molecule has 0 radical (unpaired) electrons. The summed E-state index contributed by atoms with van der Waals surface area (Å²) < 4.78 is 2.26. The second-order valence-corrected chi connectivity index (χ2v) is 5.56. The Balaban J connectivity index is 2.12. The van der Waals surface area contributed by atoms with Crippen molar-refractivity contribution in [2.24, 2.45) is 0 Å². The number of aromatic nitrogens is 2. The van der Waals surface area contributed by atoms with Crippen LogP contribution in [0.15, 0.2) is 35.7 Å². The second-order valence-electron chi connectivity index (χ2n) is 4.15. The van der Waals surface area contributed by atoms with Gasteiger partial charge in [-0.3, -0.25) is 0 Å². The summed E-state index contributed by atoms with van der Waals surface area (Å²) in [5, 5.41) is 2.88. The van der Waals surface area contributed by atoms with Gasteiger partial charge < -0.3 is 4.57 Å². The van der Waals surface area contributed by atoms with E-state index in [4.69, 9.17) is 11.6 Å². The minimum atomic E-state index is 0.806. The number of hydrogen-bond acceptors (Lipinski definition) is 2. The van der Waals surface area contributed by atoms with E-state index in [9.17, 15) is 0 Å². The van der Waals surface area contributed by atoms with Crippen LogP contribution in [-0.4, -0.2) is 9.55 Å². The molecule has 92 valence electrons. The number of benzene rings is 1. The highest BCUT2D eigenvalue weighted by Gasteiger charge is 2.11. The lowest BCUT2D eigenvalue weighted by molar-refractivity contribution is 0.762. The molecule has 0 saturated heterocycles. The third kappa shape index (κ3) is 1.93. The van der Waals surface area contributed by atoms with Crippen LogP contribution in [0, 0.1) is 0 Å². The van der Waals surface area contributed by atoms with Crippen LogP contribution in [0.25, 0.3) is 11.0 Å². The zero-order chi connectivity index (χ0) is 12.5. The average Bonchev–Trinajstić information content (AvgIpc) is 2.95. The van der Waals surface area contributed by atoms with Gasteiger partial charge in [-0.2, -0.15) is 0 Å². The standard InChI is InChI=1S/C14H13ClN2S/c1-2-14-16-11-5-3-4-6-12(11)17(14)9-13-10(15)7-8-18-13/h3-8H,2,9H2,1H3. The van der Waals surface area contributed by atoms with Crippen LogP contribution in [0.1, 0.15) is 17.6 Å². The number of nitrogens with zero attached hydrogens (tertiary/aromatic N) is 2. The van der Waals surface area contributed by atoms with Gasteiger partial charge in [-0.15, -0.1) is 11.3 Å². The molecular weight excluding hydrogens is 264 g/mol. The Morgan fingerprint density at radius 2 is 2.11 bits per heavy atom. The predicted molar refractivity (Wildman–Crippen MR) is 77.5 cm³/mol. The van der Waals surface area contributed by atoms with E-state index in [1.807, 2.05) is 17.5 Å². The number of para-hydroxylation sites is 2. The van der Waals surface area contributed by atoms with Gasteiger partial charge >= 0.3 is 0 Å². The maximum Gasteiger partial charge on any atom is 0.109 e. The molecule has 0 N–H and O–H groups in total. The topological polar surface area (TPSA) is 17.8 Å². The highest BCUT2D eigenvalue weighted by Crippen LogP contribution is 2.25. The molecule has 4 heteroatoms. The van der Waals surface area contributed by atoms with Crippen LogP contribution < -0.4 is 0 Å². The predicted octanol–water partition coefficient (Wildman–Crippen LogP) is 4.36. The third-order valence-corrected chi connectivity index (χ3v) is 4.41. The summed E-state index contributed by atoms with van der Waals surface area (Å²) in [6.07, 6.45) is 0.928. The molecule has 2 aromatic heterocycles. The van der Waals surface area contributed by atoms with Crippen molar-refractivity contribution in [1.82, 2.24) is 9.55 Å². The van der Waals surface area contributed by atoms with Crippen LogP contribution in [0.2, 0.25) is 5.02 Å². The van der Waals surface area contributed by atoms with Gasteiger partial charge in [0.2, 0.25) is 0 Å². The number of halogens is 1. The summed E-state index contributed by atoms with van der Waals surface area (Å²) in [6.45, 7) is 2.94. The highest BCUT2D eigenvalue weighted by atomic mass is 35.5. The van der Waals surface area contributed by atoms with E-state index in [1.54, 1.807) is 11.3 Å². The molecule has 0 saturated carbocycles. The molecular formula is C14H13ClN2S. The van der Waals surface area contributed by atoms with Crippen LogP contribution in [0.5, 0.6) is 0 Å². The summed E-state index contributed by atoms with van der Waals surface area (Å²) >= 11 is 7.88. The quantitative estimate of drug-likeness (QED) is 0.695. The molecule has 2 heterocycles. The number of fused-ring (bicyclic) bond motifs is 1. The van der Waals surface area contributed by atoms with Crippen molar-refractivity contribution in [1.29, 1.82) is 0 Å². The average molecular weight is 277 g/mol. The van der Waals surface area contributed by atoms with Crippen LogP contribution in [0.4, 0.5) is 0 Å². The van der Waals surface area contributed by atoms with Gasteiger partial charge in [-0.05, 0) is 23.6 Å². The Labute approximate surface area is 115 Å². The largest absolute Gasteiger partial charge is 0.323 e. The van der Waals surface area contributed by atoms with Gasteiger partial charge in [-0.1, -0.05) is 30.7 Å². The molecule has 0 atom stereocenters. The first-order chi connectivity index (χ1) is 8.79. The van der Waals surface area contributed by atoms with E-state index in [0.717, 1.165) is 29.3 Å². The van der Waals surface area contributed by atoms with Crippen molar-refractivity contribution < 1.29 is 0 Å². The molecule has 0 unspecified atom stereocenters. The summed E-state index contributed by atoms with van der Waals surface area (Å²) in [7, 11) is 0. The molecule has 0 fully saturated rings. The molecule has 3 rings (SSSR count). The SMILES string of the molecule is CCc1nc2ccccc2n1Cc1sccc1Cl. The van der Waals surface area contributed by atoms with Gasteiger partial charge in [0.25, 0.3) is 0 Å². The number of aryl methyl sites for hydroxylation is 1. The number of imidazole rings is 1. The smallest absolute Gasteiger partial charge is 0.109 e. The summed E-state index contributed by atoms with van der Waals surface area (Å²) in [6, 6.07) is 10.2. The second kappa shape index (κ2) is 4.75. The van der Waals surface area contributed by atoms with Gasteiger partial charge in [0.1, 0.15) is 5.82 Å². The minimum Gasteiger partial charge on any atom is -0.323 e. The molecule has 18 heavy (non-hydrogen) atoms. The fourth-order valence-corrected chi connectivity index (χ4v) is 3.24. The van der Waals surface area contributed by atoms with Gasteiger partial charge in [0.05, 0.1) is 22.6 Å². The van der Waals surface area contributed by atoms with E-state index in [2.05, 4.69) is 34.7 Å². The molecule has 0 spiro atoms. The van der Waals surface area contributed by atoms with Gasteiger partial charge in [0, 0.05) is 11.3 Å². The third-order valence-electron chi connectivity index (χ3n) is 3.04. The molecule has 0 aliphatic heterocycles. The maximum atomic E-state index is 6.18. The Hall–Kier alpha value is -1.32. The van der Waals surface area contributed by atoms with E-state index < -0.39 is 0 Å². The first-order valence-electron chi connectivity index (χ1n) is 5.95. The van der Waals surface area contributed by atoms with Gasteiger partial charge in [-0.25, -0.2) is 4.98 Å². The lowest BCUT2D eigenvalue weighted by Gasteiger charge is -2.07. The highest BCUT2D eigenvalue weighted by molar-refractivity contribution is 7.10. The van der Waals surface area contributed by atoms with Crippen molar-refractivity contribution in [2.75, 3.05) is 0 Å². The molecule has 0 bridgehead atoms. The lowest BCUT2D eigenvalue weighted by atomic mass is 10.3. The zero-order valence-corrected chi connectivity index (χ0v) is 11.6. The molecule has 3 aromatic rings. The Bertz CT molecular complexity index is 684. The van der Waals surface area contributed by atoms with Crippen LogP contribution in [-0.2, 0) is 13.0 Å². The van der Waals surface area contributed by atoms with Crippen molar-refractivity contribution in [3.63, 3.8) is 0 Å². The number of thiophene rings is 1. The minimum absolute atomic E-state index is 0.806. The summed E-state index contributed by atoms with van der Waals surface area (Å²) in [4.78, 5) is 5.86. The number of hydrogen-bond donors (Lipinski definition) is 0. The Morgan fingerprint density at radius 3 is 2.83 bits per heavy atom. The molecule has 0 amide bonds. The lowest BCUT2D eigenvalue weighted by Crippen LogP contribution is -2.03. The number of rotatable bonds is 3.